The third-order valence-electron chi connectivity index (χ3n) is 3.53. The van der Waals surface area contributed by atoms with Crippen LogP contribution < -0.4 is 4.72 Å². The Balaban J connectivity index is 2.45. The molecule has 2 rings (SSSR count). The Bertz CT molecular complexity index is 856. The molecule has 9 heteroatoms. The minimum Gasteiger partial charge on any atom is -0.462 e. The van der Waals surface area contributed by atoms with Crippen LogP contribution >= 0.6 is 0 Å². The third kappa shape index (κ3) is 4.41. The summed E-state index contributed by atoms with van der Waals surface area (Å²) in [6, 6.07) is 6.11. The highest BCUT2D eigenvalue weighted by Crippen LogP contribution is 2.34. The van der Waals surface area contributed by atoms with Crippen LogP contribution in [0.1, 0.15) is 24.1 Å². The van der Waals surface area contributed by atoms with Crippen molar-refractivity contribution in [2.24, 2.45) is 0 Å². The molecular formula is C17H18F2N2O4S. The molecule has 0 aliphatic rings. The second-order valence-electron chi connectivity index (χ2n) is 5.50. The molecule has 140 valence electrons. The molecule has 0 fully saturated rings. The van der Waals surface area contributed by atoms with Crippen molar-refractivity contribution in [3.8, 4) is 0 Å². The van der Waals surface area contributed by atoms with Gasteiger partial charge in [-0.1, -0.05) is 23.8 Å². The zero-order chi connectivity index (χ0) is 19.4. The van der Waals surface area contributed by atoms with Crippen LogP contribution in [0.15, 0.2) is 53.7 Å². The number of alkyl halides is 2. The van der Waals surface area contributed by atoms with Crippen LogP contribution in [0, 0.1) is 6.92 Å². The molecule has 1 heterocycles. The fourth-order valence-corrected chi connectivity index (χ4v) is 3.41. The predicted octanol–water partition coefficient (Wildman–Crippen LogP) is 2.61. The van der Waals surface area contributed by atoms with Gasteiger partial charge in [0.1, 0.15) is 6.04 Å². The second-order valence-corrected chi connectivity index (χ2v) is 7.21. The van der Waals surface area contributed by atoms with E-state index in [0.717, 1.165) is 11.8 Å². The maximum Gasteiger partial charge on any atom is 0.379 e. The van der Waals surface area contributed by atoms with Crippen LogP contribution in [0.5, 0.6) is 0 Å². The molecule has 0 amide bonds. The number of rotatable bonds is 7. The predicted molar refractivity (Wildman–Crippen MR) is 90.1 cm³/mol. The molecule has 1 unspecified atom stereocenters. The van der Waals surface area contributed by atoms with E-state index in [2.05, 4.69) is 9.72 Å². The largest absolute Gasteiger partial charge is 0.462 e. The van der Waals surface area contributed by atoms with Gasteiger partial charge in [0.05, 0.1) is 11.5 Å². The van der Waals surface area contributed by atoms with E-state index in [9.17, 15) is 22.0 Å². The summed E-state index contributed by atoms with van der Waals surface area (Å²) in [4.78, 5) is 15.2. The zero-order valence-corrected chi connectivity index (χ0v) is 15.0. The number of nitrogens with zero attached hydrogens (tertiary/aromatic N) is 1. The number of nitrogens with one attached hydrogen (secondary N) is 1. The van der Waals surface area contributed by atoms with Crippen LogP contribution in [0.3, 0.4) is 0 Å². The van der Waals surface area contributed by atoms with Gasteiger partial charge in [-0.25, -0.2) is 13.2 Å². The van der Waals surface area contributed by atoms with Gasteiger partial charge >= 0.3 is 11.9 Å². The van der Waals surface area contributed by atoms with Gasteiger partial charge < -0.3 is 4.74 Å². The van der Waals surface area contributed by atoms with Crippen molar-refractivity contribution >= 4 is 16.0 Å². The first-order valence-corrected chi connectivity index (χ1v) is 9.20. The number of hydrogen-bond donors (Lipinski definition) is 1. The van der Waals surface area contributed by atoms with Gasteiger partial charge in [-0.15, -0.1) is 0 Å². The summed E-state index contributed by atoms with van der Waals surface area (Å²) in [6.45, 7) is 2.87. The normalized spacial score (nSPS) is 13.2. The quantitative estimate of drug-likeness (QED) is 0.742. The van der Waals surface area contributed by atoms with E-state index >= 15 is 0 Å². The molecule has 0 radical (unpaired) electrons. The van der Waals surface area contributed by atoms with Crippen LogP contribution in [0.2, 0.25) is 0 Å². The molecule has 0 saturated heterocycles. The summed E-state index contributed by atoms with van der Waals surface area (Å²) in [6.07, 6.45) is 2.41. The van der Waals surface area contributed by atoms with Crippen molar-refractivity contribution in [1.82, 2.24) is 9.71 Å². The van der Waals surface area contributed by atoms with Crippen molar-refractivity contribution in [3.05, 3.63) is 59.9 Å². The van der Waals surface area contributed by atoms with E-state index in [1.165, 1.54) is 49.5 Å². The number of aryl methyl sites for hydroxylation is 1. The fraction of sp³-hybridized carbons (Fsp3) is 0.294. The van der Waals surface area contributed by atoms with Crippen molar-refractivity contribution in [1.29, 1.82) is 0 Å². The summed E-state index contributed by atoms with van der Waals surface area (Å²) in [5, 5.41) is 0. The van der Waals surface area contributed by atoms with Gasteiger partial charge in [-0.05, 0) is 37.6 Å². The van der Waals surface area contributed by atoms with E-state index in [0.29, 0.717) is 0 Å². The molecule has 0 aliphatic carbocycles. The van der Waals surface area contributed by atoms with Gasteiger partial charge in [-0.3, -0.25) is 4.98 Å². The Labute approximate surface area is 150 Å². The highest BCUT2D eigenvalue weighted by atomic mass is 32.2. The highest BCUT2D eigenvalue weighted by Gasteiger charge is 2.51. The number of carbonyl (C=O) groups excluding carboxylic acids is 1. The van der Waals surface area contributed by atoms with Crippen LogP contribution in [0.25, 0.3) is 0 Å². The summed E-state index contributed by atoms with van der Waals surface area (Å²) < 4.78 is 60.7. The van der Waals surface area contributed by atoms with Gasteiger partial charge in [0.2, 0.25) is 10.0 Å². The molecule has 1 aromatic heterocycles. The van der Waals surface area contributed by atoms with E-state index < -0.39 is 28.0 Å². The second kappa shape index (κ2) is 7.88. The topological polar surface area (TPSA) is 85.4 Å². The summed E-state index contributed by atoms with van der Waals surface area (Å²) in [7, 11) is -4.32. The number of halogens is 2. The number of ether oxygens (including phenoxy) is 1. The maximum atomic E-state index is 14.6. The molecule has 2 aromatic rings. The Hall–Kier alpha value is -2.39. The Morgan fingerprint density at radius 2 is 1.92 bits per heavy atom. The Morgan fingerprint density at radius 1 is 1.27 bits per heavy atom. The molecule has 26 heavy (non-hydrogen) atoms. The lowest BCUT2D eigenvalue weighted by atomic mass is 10.0. The Morgan fingerprint density at radius 3 is 2.46 bits per heavy atom. The standard InChI is InChI=1S/C17H18F2N2O4S/c1-3-25-16(22)17(18,19)15(13-5-4-10-20-11-13)21-26(23,24)14-8-6-12(2)7-9-14/h4-11,15,21H,3H2,1-2H3. The molecular weight excluding hydrogens is 366 g/mol. The van der Waals surface area contributed by atoms with E-state index in [1.54, 1.807) is 6.92 Å². The van der Waals surface area contributed by atoms with Gasteiger partial charge in [0.15, 0.2) is 0 Å². The van der Waals surface area contributed by atoms with Gasteiger partial charge in [0.25, 0.3) is 0 Å². The number of hydrogen-bond acceptors (Lipinski definition) is 5. The van der Waals surface area contributed by atoms with Crippen molar-refractivity contribution in [2.75, 3.05) is 6.61 Å². The van der Waals surface area contributed by atoms with Crippen molar-refractivity contribution in [2.45, 2.75) is 30.7 Å². The number of aromatic nitrogens is 1. The van der Waals surface area contributed by atoms with E-state index in [-0.39, 0.29) is 17.1 Å². The summed E-state index contributed by atoms with van der Waals surface area (Å²) in [5.74, 6) is -5.95. The third-order valence-corrected chi connectivity index (χ3v) is 4.97. The summed E-state index contributed by atoms with van der Waals surface area (Å²) >= 11 is 0. The minimum absolute atomic E-state index is 0.166. The maximum absolute atomic E-state index is 14.6. The number of benzene rings is 1. The average molecular weight is 384 g/mol. The molecule has 0 aliphatic heterocycles. The van der Waals surface area contributed by atoms with Crippen molar-refractivity contribution < 1.29 is 26.7 Å². The van der Waals surface area contributed by atoms with Crippen LogP contribution in [-0.2, 0) is 19.6 Å². The first-order chi connectivity index (χ1) is 12.2. The lowest BCUT2D eigenvalue weighted by molar-refractivity contribution is -0.175. The molecule has 1 N–H and O–H groups in total. The molecule has 6 nitrogen and oxygen atoms in total. The smallest absolute Gasteiger partial charge is 0.379 e. The lowest BCUT2D eigenvalue weighted by Gasteiger charge is -2.26. The Kier molecular flexibility index (Phi) is 6.04. The first kappa shape index (κ1) is 19.9. The van der Waals surface area contributed by atoms with Crippen LogP contribution in [-0.4, -0.2) is 31.9 Å². The fourth-order valence-electron chi connectivity index (χ4n) is 2.18. The number of esters is 1. The monoisotopic (exact) mass is 384 g/mol. The SMILES string of the molecule is CCOC(=O)C(F)(F)C(NS(=O)(=O)c1ccc(C)cc1)c1cccnc1. The lowest BCUT2D eigenvalue weighted by Crippen LogP contribution is -2.46. The number of sulfonamides is 1. The van der Waals surface area contributed by atoms with Crippen LogP contribution in [0.4, 0.5) is 8.78 Å². The van der Waals surface area contributed by atoms with Gasteiger partial charge in [-0.2, -0.15) is 13.5 Å². The number of carbonyl (C=O) groups is 1. The van der Waals surface area contributed by atoms with Gasteiger partial charge in [0, 0.05) is 12.4 Å². The number of pyridine rings is 1. The van der Waals surface area contributed by atoms with E-state index in [1.807, 2.05) is 4.72 Å². The van der Waals surface area contributed by atoms with E-state index in [4.69, 9.17) is 0 Å². The molecule has 0 saturated carbocycles. The van der Waals surface area contributed by atoms with Crippen molar-refractivity contribution in [3.63, 3.8) is 0 Å². The highest BCUT2D eigenvalue weighted by molar-refractivity contribution is 7.89. The molecule has 0 spiro atoms. The molecule has 1 aromatic carbocycles. The first-order valence-electron chi connectivity index (χ1n) is 7.72. The average Bonchev–Trinajstić information content (AvgIpc) is 2.61. The minimum atomic E-state index is -4.32. The molecule has 0 bridgehead atoms. The zero-order valence-electron chi connectivity index (χ0n) is 14.1. The molecule has 1 atom stereocenters. The summed E-state index contributed by atoms with van der Waals surface area (Å²) in [5.41, 5.74) is 0.644.